The number of aromatic nitrogens is 1. The smallest absolute Gasteiger partial charge is 0.319 e. The van der Waals surface area contributed by atoms with Crippen molar-refractivity contribution in [2.24, 2.45) is 11.1 Å². The summed E-state index contributed by atoms with van der Waals surface area (Å²) in [5.41, 5.74) is 7.10. The Kier molecular flexibility index (Phi) is 4.92. The SMILES string of the molecule is Cc1ccc(-c2ncco2)cc1NC(=O)NC(C(N)=O)C(C)(C)C. The van der Waals surface area contributed by atoms with Gasteiger partial charge in [-0.25, -0.2) is 9.78 Å². The Morgan fingerprint density at radius 2 is 2.00 bits per heavy atom. The molecule has 1 atom stereocenters. The molecule has 1 unspecified atom stereocenters. The van der Waals surface area contributed by atoms with Crippen LogP contribution in [0.25, 0.3) is 11.5 Å². The Balaban J connectivity index is 2.17. The number of nitrogens with two attached hydrogens (primary N) is 1. The Morgan fingerprint density at radius 3 is 2.54 bits per heavy atom. The van der Waals surface area contributed by atoms with E-state index in [1.165, 1.54) is 6.26 Å². The van der Waals surface area contributed by atoms with Gasteiger partial charge in [0.15, 0.2) is 0 Å². The monoisotopic (exact) mass is 330 g/mol. The summed E-state index contributed by atoms with van der Waals surface area (Å²) < 4.78 is 5.26. The highest BCUT2D eigenvalue weighted by atomic mass is 16.3. The number of aryl methyl sites for hydroxylation is 1. The molecule has 3 amide bonds. The van der Waals surface area contributed by atoms with Gasteiger partial charge in [-0.3, -0.25) is 4.79 Å². The number of rotatable bonds is 4. The number of hydrogen-bond acceptors (Lipinski definition) is 4. The molecule has 1 aromatic heterocycles. The number of benzene rings is 1. The molecule has 128 valence electrons. The number of oxazole rings is 1. The molecule has 0 saturated carbocycles. The van der Waals surface area contributed by atoms with Crippen LogP contribution < -0.4 is 16.4 Å². The van der Waals surface area contributed by atoms with Crippen LogP contribution in [-0.4, -0.2) is 23.0 Å². The minimum Gasteiger partial charge on any atom is -0.445 e. The minimum absolute atomic E-state index is 0.461. The largest absolute Gasteiger partial charge is 0.445 e. The van der Waals surface area contributed by atoms with Crippen molar-refractivity contribution < 1.29 is 14.0 Å². The number of hydrogen-bond donors (Lipinski definition) is 3. The van der Waals surface area contributed by atoms with Gasteiger partial charge in [-0.05, 0) is 30.0 Å². The zero-order valence-corrected chi connectivity index (χ0v) is 14.2. The Labute approximate surface area is 140 Å². The normalized spacial score (nSPS) is 12.5. The van der Waals surface area contributed by atoms with Gasteiger partial charge >= 0.3 is 6.03 Å². The van der Waals surface area contributed by atoms with E-state index >= 15 is 0 Å². The first kappa shape index (κ1) is 17.5. The molecule has 0 aliphatic rings. The summed E-state index contributed by atoms with van der Waals surface area (Å²) in [6, 6.07) is 4.18. The van der Waals surface area contributed by atoms with Crippen LogP contribution in [0.1, 0.15) is 26.3 Å². The molecule has 0 radical (unpaired) electrons. The summed E-state index contributed by atoms with van der Waals surface area (Å²) in [4.78, 5) is 27.9. The molecular weight excluding hydrogens is 308 g/mol. The second-order valence-corrected chi connectivity index (χ2v) is 6.67. The molecule has 1 aromatic carbocycles. The van der Waals surface area contributed by atoms with E-state index in [9.17, 15) is 9.59 Å². The minimum atomic E-state index is -0.785. The van der Waals surface area contributed by atoms with Crippen LogP contribution in [0.3, 0.4) is 0 Å². The number of amides is 3. The van der Waals surface area contributed by atoms with Gasteiger partial charge in [0.1, 0.15) is 12.3 Å². The summed E-state index contributed by atoms with van der Waals surface area (Å²) in [5, 5.41) is 5.37. The van der Waals surface area contributed by atoms with Crippen molar-refractivity contribution in [3.05, 3.63) is 36.2 Å². The van der Waals surface area contributed by atoms with Crippen LogP contribution in [0, 0.1) is 12.3 Å². The van der Waals surface area contributed by atoms with Gasteiger partial charge in [-0.15, -0.1) is 0 Å². The van der Waals surface area contributed by atoms with Crippen molar-refractivity contribution >= 4 is 17.6 Å². The number of primary amides is 1. The molecule has 1 heterocycles. The van der Waals surface area contributed by atoms with Crippen molar-refractivity contribution in [3.8, 4) is 11.5 Å². The number of nitrogens with zero attached hydrogens (tertiary/aromatic N) is 1. The lowest BCUT2D eigenvalue weighted by Crippen LogP contribution is -2.53. The third kappa shape index (κ3) is 4.13. The number of carbonyl (C=O) groups is 2. The molecule has 7 heteroatoms. The van der Waals surface area contributed by atoms with Gasteiger partial charge in [0.2, 0.25) is 11.8 Å². The van der Waals surface area contributed by atoms with Crippen LogP contribution >= 0.6 is 0 Å². The number of anilines is 1. The summed E-state index contributed by atoms with van der Waals surface area (Å²) in [6.45, 7) is 7.36. The summed E-state index contributed by atoms with van der Waals surface area (Å²) in [7, 11) is 0. The van der Waals surface area contributed by atoms with Crippen molar-refractivity contribution in [3.63, 3.8) is 0 Å². The molecule has 0 aliphatic carbocycles. The highest BCUT2D eigenvalue weighted by Crippen LogP contribution is 2.24. The quantitative estimate of drug-likeness (QED) is 0.800. The van der Waals surface area contributed by atoms with Crippen LogP contribution in [0.2, 0.25) is 0 Å². The van der Waals surface area contributed by atoms with E-state index < -0.39 is 23.4 Å². The van der Waals surface area contributed by atoms with Crippen LogP contribution in [-0.2, 0) is 4.79 Å². The fourth-order valence-electron chi connectivity index (χ4n) is 2.26. The molecule has 0 fully saturated rings. The van der Waals surface area contributed by atoms with Crippen molar-refractivity contribution in [1.29, 1.82) is 0 Å². The van der Waals surface area contributed by atoms with Gasteiger partial charge < -0.3 is 20.8 Å². The maximum atomic E-state index is 12.3. The molecule has 4 N–H and O–H groups in total. The lowest BCUT2D eigenvalue weighted by atomic mass is 9.86. The maximum Gasteiger partial charge on any atom is 0.319 e. The first-order chi connectivity index (χ1) is 11.2. The van der Waals surface area contributed by atoms with Gasteiger partial charge in [-0.2, -0.15) is 0 Å². The highest BCUT2D eigenvalue weighted by Gasteiger charge is 2.31. The van der Waals surface area contributed by atoms with E-state index in [1.54, 1.807) is 12.3 Å². The lowest BCUT2D eigenvalue weighted by Gasteiger charge is -2.28. The molecular formula is C17H22N4O3. The second-order valence-electron chi connectivity index (χ2n) is 6.67. The first-order valence-electron chi connectivity index (χ1n) is 7.56. The van der Waals surface area contributed by atoms with Crippen LogP contribution in [0.5, 0.6) is 0 Å². The predicted molar refractivity (Wildman–Crippen MR) is 91.3 cm³/mol. The molecule has 7 nitrogen and oxygen atoms in total. The van der Waals surface area contributed by atoms with E-state index in [4.69, 9.17) is 10.2 Å². The number of carbonyl (C=O) groups excluding carboxylic acids is 2. The summed E-state index contributed by atoms with van der Waals surface area (Å²) in [5.74, 6) is -0.119. The highest BCUT2D eigenvalue weighted by molar-refractivity contribution is 5.94. The van der Waals surface area contributed by atoms with Crippen molar-refractivity contribution in [2.75, 3.05) is 5.32 Å². The standard InChI is InChI=1S/C17H22N4O3/c1-10-5-6-11(15-19-7-8-24-15)9-12(10)20-16(23)21-13(14(18)22)17(2,3)4/h5-9,13H,1-4H3,(H2,18,22)(H2,20,21,23). The zero-order chi connectivity index (χ0) is 17.9. The molecule has 0 aliphatic heterocycles. The molecule has 0 bridgehead atoms. The average molecular weight is 330 g/mol. The topological polar surface area (TPSA) is 110 Å². The summed E-state index contributed by atoms with van der Waals surface area (Å²) in [6.07, 6.45) is 3.03. The van der Waals surface area contributed by atoms with Gasteiger partial charge in [-0.1, -0.05) is 26.8 Å². The van der Waals surface area contributed by atoms with Crippen molar-refractivity contribution in [1.82, 2.24) is 10.3 Å². The predicted octanol–water partition coefficient (Wildman–Crippen LogP) is 2.67. The van der Waals surface area contributed by atoms with Gasteiger partial charge in [0.05, 0.1) is 6.20 Å². The molecule has 2 aromatic rings. The van der Waals surface area contributed by atoms with E-state index in [-0.39, 0.29) is 0 Å². The molecule has 0 spiro atoms. The fourth-order valence-corrected chi connectivity index (χ4v) is 2.26. The van der Waals surface area contributed by atoms with Gasteiger partial charge in [0, 0.05) is 11.3 Å². The van der Waals surface area contributed by atoms with E-state index in [0.29, 0.717) is 11.6 Å². The zero-order valence-electron chi connectivity index (χ0n) is 14.2. The average Bonchev–Trinajstić information content (AvgIpc) is 3.00. The lowest BCUT2D eigenvalue weighted by molar-refractivity contribution is -0.122. The van der Waals surface area contributed by atoms with E-state index in [0.717, 1.165) is 11.1 Å². The molecule has 24 heavy (non-hydrogen) atoms. The summed E-state index contributed by atoms with van der Waals surface area (Å²) >= 11 is 0. The third-order valence-electron chi connectivity index (χ3n) is 3.59. The Bertz CT molecular complexity index is 733. The number of urea groups is 1. The van der Waals surface area contributed by atoms with Gasteiger partial charge in [0.25, 0.3) is 0 Å². The Hall–Kier alpha value is -2.83. The Morgan fingerprint density at radius 1 is 1.29 bits per heavy atom. The van der Waals surface area contributed by atoms with Crippen LogP contribution in [0.4, 0.5) is 10.5 Å². The van der Waals surface area contributed by atoms with Crippen molar-refractivity contribution in [2.45, 2.75) is 33.7 Å². The third-order valence-corrected chi connectivity index (χ3v) is 3.59. The molecule has 2 rings (SSSR count). The maximum absolute atomic E-state index is 12.3. The van der Waals surface area contributed by atoms with Crippen LogP contribution in [0.15, 0.2) is 35.1 Å². The second kappa shape index (κ2) is 6.74. The molecule has 0 saturated heterocycles. The van der Waals surface area contributed by atoms with E-state index in [1.807, 2.05) is 39.8 Å². The first-order valence-corrected chi connectivity index (χ1v) is 7.56. The van der Waals surface area contributed by atoms with E-state index in [2.05, 4.69) is 15.6 Å². The fraction of sp³-hybridized carbons (Fsp3) is 0.353. The number of nitrogens with one attached hydrogen (secondary N) is 2.